The summed E-state index contributed by atoms with van der Waals surface area (Å²) in [5.74, 6) is 0.722. The Morgan fingerprint density at radius 2 is 2.13 bits per heavy atom. The van der Waals surface area contributed by atoms with Crippen molar-refractivity contribution in [3.05, 3.63) is 0 Å². The summed E-state index contributed by atoms with van der Waals surface area (Å²) in [4.78, 5) is 9.03. The Labute approximate surface area is 93.1 Å². The zero-order chi connectivity index (χ0) is 11.3. The van der Waals surface area contributed by atoms with Gasteiger partial charge < -0.3 is 10.6 Å². The van der Waals surface area contributed by atoms with Crippen LogP contribution in [0.4, 0.5) is 0 Å². The number of rotatable bonds is 3. The van der Waals surface area contributed by atoms with E-state index in [2.05, 4.69) is 35.6 Å². The van der Waals surface area contributed by atoms with Gasteiger partial charge in [-0.05, 0) is 19.9 Å². The van der Waals surface area contributed by atoms with Gasteiger partial charge in [0.15, 0.2) is 5.96 Å². The molecule has 0 aromatic carbocycles. The van der Waals surface area contributed by atoms with Crippen molar-refractivity contribution in [2.45, 2.75) is 33.2 Å². The molecule has 0 aromatic heterocycles. The molecule has 0 aliphatic carbocycles. The molecule has 1 rings (SSSR count). The molecule has 88 valence electrons. The van der Waals surface area contributed by atoms with Gasteiger partial charge in [0.05, 0.1) is 0 Å². The molecule has 1 saturated heterocycles. The van der Waals surface area contributed by atoms with Gasteiger partial charge in [-0.3, -0.25) is 9.89 Å². The highest BCUT2D eigenvalue weighted by Crippen LogP contribution is 2.08. The molecule has 1 fully saturated rings. The van der Waals surface area contributed by atoms with Crippen LogP contribution in [0.1, 0.15) is 27.2 Å². The van der Waals surface area contributed by atoms with Gasteiger partial charge in [-0.1, -0.05) is 13.8 Å². The molecule has 0 saturated carbocycles. The van der Waals surface area contributed by atoms with Crippen molar-refractivity contribution in [3.8, 4) is 0 Å². The molecule has 1 unspecified atom stereocenters. The summed E-state index contributed by atoms with van der Waals surface area (Å²) in [6.45, 7) is 11.7. The van der Waals surface area contributed by atoms with Crippen molar-refractivity contribution in [1.29, 1.82) is 0 Å². The zero-order valence-corrected chi connectivity index (χ0v) is 10.2. The van der Waals surface area contributed by atoms with Crippen LogP contribution in [0.5, 0.6) is 0 Å². The van der Waals surface area contributed by atoms with Crippen LogP contribution in [0.25, 0.3) is 0 Å². The van der Waals surface area contributed by atoms with Crippen molar-refractivity contribution in [3.63, 3.8) is 0 Å². The Morgan fingerprint density at radius 3 is 2.67 bits per heavy atom. The average Bonchev–Trinajstić information content (AvgIpc) is 2.25. The van der Waals surface area contributed by atoms with E-state index in [4.69, 9.17) is 5.73 Å². The zero-order valence-electron chi connectivity index (χ0n) is 10.2. The van der Waals surface area contributed by atoms with Crippen LogP contribution in [0.2, 0.25) is 0 Å². The van der Waals surface area contributed by atoms with Crippen LogP contribution in [-0.4, -0.2) is 54.5 Å². The number of aliphatic imine (C=N–C) groups is 1. The van der Waals surface area contributed by atoms with Gasteiger partial charge in [0.1, 0.15) is 0 Å². The molecule has 2 N–H and O–H groups in total. The third kappa shape index (κ3) is 3.38. The van der Waals surface area contributed by atoms with Crippen molar-refractivity contribution < 1.29 is 0 Å². The summed E-state index contributed by atoms with van der Waals surface area (Å²) < 4.78 is 0. The van der Waals surface area contributed by atoms with Crippen molar-refractivity contribution in [1.82, 2.24) is 9.80 Å². The Hall–Kier alpha value is -0.770. The summed E-state index contributed by atoms with van der Waals surface area (Å²) >= 11 is 0. The maximum atomic E-state index is 5.94. The second-order valence-corrected chi connectivity index (χ2v) is 4.16. The van der Waals surface area contributed by atoms with E-state index >= 15 is 0 Å². The quantitative estimate of drug-likeness (QED) is 0.554. The molecule has 1 heterocycles. The highest BCUT2D eigenvalue weighted by molar-refractivity contribution is 5.78. The second kappa shape index (κ2) is 5.95. The fraction of sp³-hybridized carbons (Fsp3) is 0.909. The molecule has 1 aliphatic heterocycles. The van der Waals surface area contributed by atoms with E-state index in [9.17, 15) is 0 Å². The molecule has 0 bridgehead atoms. The van der Waals surface area contributed by atoms with Crippen LogP contribution in [0.15, 0.2) is 4.99 Å². The first-order valence-electron chi connectivity index (χ1n) is 5.98. The molecular weight excluding hydrogens is 188 g/mol. The molecule has 0 radical (unpaired) electrons. The summed E-state index contributed by atoms with van der Waals surface area (Å²) in [7, 11) is 0. The molecule has 1 atom stereocenters. The predicted molar refractivity (Wildman–Crippen MR) is 65.1 cm³/mol. The lowest BCUT2D eigenvalue weighted by Gasteiger charge is -2.39. The number of hydrogen-bond acceptors (Lipinski definition) is 2. The SMILES string of the molecule is CCCN=C(N)N1CCN(CC)C(C)C1. The van der Waals surface area contributed by atoms with Gasteiger partial charge in [0, 0.05) is 32.2 Å². The van der Waals surface area contributed by atoms with Crippen molar-refractivity contribution in [2.75, 3.05) is 32.7 Å². The monoisotopic (exact) mass is 212 g/mol. The first kappa shape index (κ1) is 12.3. The van der Waals surface area contributed by atoms with E-state index in [0.717, 1.165) is 45.1 Å². The van der Waals surface area contributed by atoms with E-state index in [1.165, 1.54) is 0 Å². The van der Waals surface area contributed by atoms with E-state index < -0.39 is 0 Å². The highest BCUT2D eigenvalue weighted by Gasteiger charge is 2.22. The fourth-order valence-electron chi connectivity index (χ4n) is 2.00. The topological polar surface area (TPSA) is 44.9 Å². The lowest BCUT2D eigenvalue weighted by atomic mass is 10.2. The van der Waals surface area contributed by atoms with E-state index in [1.54, 1.807) is 0 Å². The summed E-state index contributed by atoms with van der Waals surface area (Å²) in [5, 5.41) is 0. The first-order chi connectivity index (χ1) is 7.19. The van der Waals surface area contributed by atoms with Gasteiger partial charge in [0.2, 0.25) is 0 Å². The average molecular weight is 212 g/mol. The van der Waals surface area contributed by atoms with Gasteiger partial charge in [0.25, 0.3) is 0 Å². The molecular formula is C11H24N4. The lowest BCUT2D eigenvalue weighted by Crippen LogP contribution is -2.55. The van der Waals surface area contributed by atoms with Crippen molar-refractivity contribution >= 4 is 5.96 Å². The first-order valence-corrected chi connectivity index (χ1v) is 5.98. The van der Waals surface area contributed by atoms with Gasteiger partial charge in [-0.25, -0.2) is 0 Å². The van der Waals surface area contributed by atoms with Gasteiger partial charge in [-0.2, -0.15) is 0 Å². The standard InChI is InChI=1S/C11H24N4/c1-4-6-13-11(12)15-8-7-14(5-2)10(3)9-15/h10H,4-9H2,1-3H3,(H2,12,13). The second-order valence-electron chi connectivity index (χ2n) is 4.16. The van der Waals surface area contributed by atoms with Crippen LogP contribution < -0.4 is 5.73 Å². The van der Waals surface area contributed by atoms with E-state index in [-0.39, 0.29) is 0 Å². The molecule has 1 aliphatic rings. The molecule has 15 heavy (non-hydrogen) atoms. The normalized spacial score (nSPS) is 24.6. The number of nitrogens with two attached hydrogens (primary N) is 1. The number of likely N-dealkylation sites (N-methyl/N-ethyl adjacent to an activating group) is 1. The number of nitrogens with zero attached hydrogens (tertiary/aromatic N) is 3. The number of piperazine rings is 1. The van der Waals surface area contributed by atoms with Crippen LogP contribution in [0.3, 0.4) is 0 Å². The van der Waals surface area contributed by atoms with Gasteiger partial charge >= 0.3 is 0 Å². The summed E-state index contributed by atoms with van der Waals surface area (Å²) in [6, 6.07) is 0.583. The Kier molecular flexibility index (Phi) is 4.88. The molecule has 0 amide bonds. The molecule has 0 spiro atoms. The van der Waals surface area contributed by atoms with Crippen LogP contribution >= 0.6 is 0 Å². The number of guanidine groups is 1. The minimum atomic E-state index is 0.583. The summed E-state index contributed by atoms with van der Waals surface area (Å²) in [5.41, 5.74) is 5.94. The van der Waals surface area contributed by atoms with Crippen molar-refractivity contribution in [2.24, 2.45) is 10.7 Å². The van der Waals surface area contributed by atoms with E-state index in [1.807, 2.05) is 0 Å². The smallest absolute Gasteiger partial charge is 0.191 e. The Morgan fingerprint density at radius 1 is 1.40 bits per heavy atom. The molecule has 0 aromatic rings. The Balaban J connectivity index is 2.46. The van der Waals surface area contributed by atoms with E-state index in [0.29, 0.717) is 6.04 Å². The molecule has 4 heteroatoms. The maximum Gasteiger partial charge on any atom is 0.191 e. The largest absolute Gasteiger partial charge is 0.370 e. The van der Waals surface area contributed by atoms with Crippen LogP contribution in [0, 0.1) is 0 Å². The van der Waals surface area contributed by atoms with Crippen LogP contribution in [-0.2, 0) is 0 Å². The summed E-state index contributed by atoms with van der Waals surface area (Å²) in [6.07, 6.45) is 1.06. The third-order valence-corrected chi connectivity index (χ3v) is 2.99. The fourth-order valence-corrected chi connectivity index (χ4v) is 2.00. The highest BCUT2D eigenvalue weighted by atomic mass is 15.3. The maximum absolute atomic E-state index is 5.94. The number of hydrogen-bond donors (Lipinski definition) is 1. The van der Waals surface area contributed by atoms with Gasteiger partial charge in [-0.15, -0.1) is 0 Å². The lowest BCUT2D eigenvalue weighted by molar-refractivity contribution is 0.128. The minimum absolute atomic E-state index is 0.583. The molecule has 4 nitrogen and oxygen atoms in total. The minimum Gasteiger partial charge on any atom is -0.370 e. The predicted octanol–water partition coefficient (Wildman–Crippen LogP) is 0.737. The third-order valence-electron chi connectivity index (χ3n) is 2.99. The Bertz CT molecular complexity index is 215.